The molecule has 21 heavy (non-hydrogen) atoms. The second-order valence-corrected chi connectivity index (χ2v) is 5.28. The summed E-state index contributed by atoms with van der Waals surface area (Å²) in [5, 5.41) is 0. The largest absolute Gasteiger partial charge is 0.379 e. The van der Waals surface area contributed by atoms with E-state index >= 15 is 0 Å². The van der Waals surface area contributed by atoms with E-state index in [0.29, 0.717) is 45.7 Å². The molecule has 5 nitrogen and oxygen atoms in total. The lowest BCUT2D eigenvalue weighted by molar-refractivity contribution is -0.00239. The Kier molecular flexibility index (Phi) is 17.7. The van der Waals surface area contributed by atoms with Crippen LogP contribution in [0, 0.1) is 0 Å². The Labute approximate surface area is 130 Å². The van der Waals surface area contributed by atoms with Crippen molar-refractivity contribution < 1.29 is 18.9 Å². The molecule has 0 heterocycles. The molecule has 0 saturated heterocycles. The van der Waals surface area contributed by atoms with Crippen molar-refractivity contribution in [2.45, 2.75) is 52.0 Å². The maximum absolute atomic E-state index is 5.67. The molecule has 1 atom stereocenters. The van der Waals surface area contributed by atoms with Gasteiger partial charge in [0.05, 0.1) is 39.6 Å². The van der Waals surface area contributed by atoms with Gasteiger partial charge in [-0.15, -0.1) is 0 Å². The summed E-state index contributed by atoms with van der Waals surface area (Å²) in [5.74, 6) is 0. The second kappa shape index (κ2) is 17.9. The van der Waals surface area contributed by atoms with Gasteiger partial charge in [0.1, 0.15) is 0 Å². The maximum atomic E-state index is 5.67. The van der Waals surface area contributed by atoms with E-state index in [1.165, 1.54) is 6.42 Å². The van der Waals surface area contributed by atoms with E-state index in [1.807, 2.05) is 6.92 Å². The van der Waals surface area contributed by atoms with Crippen molar-refractivity contribution in [1.82, 2.24) is 0 Å². The number of nitrogens with two attached hydrogens (primary N) is 1. The van der Waals surface area contributed by atoms with Crippen molar-refractivity contribution in [1.29, 1.82) is 0 Å². The highest BCUT2D eigenvalue weighted by molar-refractivity contribution is 4.52. The average Bonchev–Trinajstić information content (AvgIpc) is 2.46. The maximum Gasteiger partial charge on any atom is 0.0701 e. The van der Waals surface area contributed by atoms with E-state index in [0.717, 1.165) is 38.9 Å². The van der Waals surface area contributed by atoms with Gasteiger partial charge in [-0.2, -0.15) is 0 Å². The van der Waals surface area contributed by atoms with E-state index in [4.69, 9.17) is 24.7 Å². The van der Waals surface area contributed by atoms with Crippen LogP contribution in [0.2, 0.25) is 0 Å². The lowest BCUT2D eigenvalue weighted by Crippen LogP contribution is -2.14. The minimum absolute atomic E-state index is 0.297. The standard InChI is InChI=1S/C16H35NO4/c1-3-4-8-18-10-12-20-14-15-21-13-11-19-9-6-5-7-16(2)17/h16H,3-15,17H2,1-2H3. The van der Waals surface area contributed by atoms with E-state index in [-0.39, 0.29) is 0 Å². The predicted octanol–water partition coefficient (Wildman–Crippen LogP) is 2.37. The van der Waals surface area contributed by atoms with Crippen LogP contribution in [0.1, 0.15) is 46.0 Å². The summed E-state index contributed by atoms with van der Waals surface area (Å²) >= 11 is 0. The third-order valence-corrected chi connectivity index (χ3v) is 2.96. The van der Waals surface area contributed by atoms with Crippen LogP contribution >= 0.6 is 0 Å². The number of hydrogen-bond donors (Lipinski definition) is 1. The highest BCUT2D eigenvalue weighted by atomic mass is 16.6. The van der Waals surface area contributed by atoms with Gasteiger partial charge in [0.2, 0.25) is 0 Å². The SMILES string of the molecule is CCCCOCCOCCOCCOCCCCC(C)N. The van der Waals surface area contributed by atoms with Crippen molar-refractivity contribution in [2.24, 2.45) is 5.73 Å². The van der Waals surface area contributed by atoms with E-state index in [1.54, 1.807) is 0 Å². The quantitative estimate of drug-likeness (QED) is 0.418. The number of unbranched alkanes of at least 4 members (excludes halogenated alkanes) is 2. The summed E-state index contributed by atoms with van der Waals surface area (Å²) in [6.45, 7) is 9.64. The van der Waals surface area contributed by atoms with Crippen LogP contribution in [0.25, 0.3) is 0 Å². The summed E-state index contributed by atoms with van der Waals surface area (Å²) in [5.41, 5.74) is 5.67. The molecule has 2 N–H and O–H groups in total. The first kappa shape index (κ1) is 20.8. The fourth-order valence-electron chi connectivity index (χ4n) is 1.68. The molecule has 0 aliphatic rings. The minimum atomic E-state index is 0.297. The van der Waals surface area contributed by atoms with Crippen molar-refractivity contribution in [3.05, 3.63) is 0 Å². The van der Waals surface area contributed by atoms with Crippen molar-refractivity contribution in [2.75, 3.05) is 52.9 Å². The molecule has 0 aliphatic heterocycles. The molecular weight excluding hydrogens is 270 g/mol. The highest BCUT2D eigenvalue weighted by Gasteiger charge is 1.95. The lowest BCUT2D eigenvalue weighted by atomic mass is 10.1. The van der Waals surface area contributed by atoms with Gasteiger partial charge in [-0.1, -0.05) is 13.3 Å². The van der Waals surface area contributed by atoms with Crippen LogP contribution in [-0.2, 0) is 18.9 Å². The van der Waals surface area contributed by atoms with E-state index in [2.05, 4.69) is 6.92 Å². The van der Waals surface area contributed by atoms with Crippen molar-refractivity contribution in [3.63, 3.8) is 0 Å². The van der Waals surface area contributed by atoms with Gasteiger partial charge in [-0.05, 0) is 32.6 Å². The monoisotopic (exact) mass is 305 g/mol. The molecule has 0 aliphatic carbocycles. The van der Waals surface area contributed by atoms with Gasteiger partial charge in [0.25, 0.3) is 0 Å². The highest BCUT2D eigenvalue weighted by Crippen LogP contribution is 1.98. The molecule has 0 aromatic heterocycles. The van der Waals surface area contributed by atoms with Gasteiger partial charge < -0.3 is 24.7 Å². The first-order valence-corrected chi connectivity index (χ1v) is 8.34. The summed E-state index contributed by atoms with van der Waals surface area (Å²) in [6.07, 6.45) is 5.56. The van der Waals surface area contributed by atoms with Crippen molar-refractivity contribution in [3.8, 4) is 0 Å². The number of rotatable bonds is 17. The molecule has 0 saturated carbocycles. The van der Waals surface area contributed by atoms with Crippen LogP contribution < -0.4 is 5.73 Å². The van der Waals surface area contributed by atoms with Gasteiger partial charge in [0, 0.05) is 19.3 Å². The number of ether oxygens (including phenoxy) is 4. The Balaban J connectivity index is 2.93. The summed E-state index contributed by atoms with van der Waals surface area (Å²) in [4.78, 5) is 0. The van der Waals surface area contributed by atoms with Crippen LogP contribution in [0.3, 0.4) is 0 Å². The third kappa shape index (κ3) is 19.8. The zero-order valence-electron chi connectivity index (χ0n) is 14.0. The molecule has 128 valence electrons. The lowest BCUT2D eigenvalue weighted by Gasteiger charge is -2.08. The van der Waals surface area contributed by atoms with Gasteiger partial charge in [-0.3, -0.25) is 0 Å². The van der Waals surface area contributed by atoms with Crippen molar-refractivity contribution >= 4 is 0 Å². The molecular formula is C16H35NO4. The van der Waals surface area contributed by atoms with E-state index < -0.39 is 0 Å². The summed E-state index contributed by atoms with van der Waals surface area (Å²) < 4.78 is 21.7. The normalized spacial score (nSPS) is 12.7. The number of hydrogen-bond acceptors (Lipinski definition) is 5. The Morgan fingerprint density at radius 3 is 1.52 bits per heavy atom. The summed E-state index contributed by atoms with van der Waals surface area (Å²) in [6, 6.07) is 0.297. The molecule has 0 rings (SSSR count). The molecule has 5 heteroatoms. The van der Waals surface area contributed by atoms with Crippen LogP contribution in [-0.4, -0.2) is 58.9 Å². The zero-order valence-corrected chi connectivity index (χ0v) is 14.0. The molecule has 0 spiro atoms. The zero-order chi connectivity index (χ0) is 15.6. The molecule has 1 unspecified atom stereocenters. The Bertz CT molecular complexity index is 191. The van der Waals surface area contributed by atoms with Crippen LogP contribution in [0.4, 0.5) is 0 Å². The molecule has 0 radical (unpaired) electrons. The Morgan fingerprint density at radius 1 is 0.667 bits per heavy atom. The smallest absolute Gasteiger partial charge is 0.0701 e. The summed E-state index contributed by atoms with van der Waals surface area (Å²) in [7, 11) is 0. The topological polar surface area (TPSA) is 62.9 Å². The average molecular weight is 305 g/mol. The third-order valence-electron chi connectivity index (χ3n) is 2.96. The molecule has 0 aromatic rings. The molecule has 0 fully saturated rings. The second-order valence-electron chi connectivity index (χ2n) is 5.28. The van der Waals surface area contributed by atoms with Crippen LogP contribution in [0.5, 0.6) is 0 Å². The Morgan fingerprint density at radius 2 is 1.10 bits per heavy atom. The fraction of sp³-hybridized carbons (Fsp3) is 1.00. The Hall–Kier alpha value is -0.200. The minimum Gasteiger partial charge on any atom is -0.379 e. The van der Waals surface area contributed by atoms with Gasteiger partial charge in [-0.25, -0.2) is 0 Å². The fourth-order valence-corrected chi connectivity index (χ4v) is 1.68. The first-order valence-electron chi connectivity index (χ1n) is 8.34. The van der Waals surface area contributed by atoms with E-state index in [9.17, 15) is 0 Å². The molecule has 0 amide bonds. The van der Waals surface area contributed by atoms with Gasteiger partial charge >= 0.3 is 0 Å². The molecule has 0 aromatic carbocycles. The first-order chi connectivity index (χ1) is 10.3. The van der Waals surface area contributed by atoms with Crippen LogP contribution in [0.15, 0.2) is 0 Å². The molecule has 0 bridgehead atoms. The predicted molar refractivity (Wildman–Crippen MR) is 85.7 cm³/mol. The van der Waals surface area contributed by atoms with Gasteiger partial charge in [0.15, 0.2) is 0 Å².